The molecule has 2 atom stereocenters. The first-order valence-electron chi connectivity index (χ1n) is 9.49. The van der Waals surface area contributed by atoms with Gasteiger partial charge in [0.05, 0.1) is 11.6 Å². The topological polar surface area (TPSA) is 21.6 Å². The first-order chi connectivity index (χ1) is 14.2. The van der Waals surface area contributed by atoms with E-state index in [1.807, 2.05) is 19.1 Å². The lowest BCUT2D eigenvalue weighted by Gasteiger charge is -2.22. The highest BCUT2D eigenvalue weighted by atomic mass is 32.1. The molecule has 0 spiro atoms. The van der Waals surface area contributed by atoms with E-state index in [1.54, 1.807) is 6.08 Å². The zero-order valence-electron chi connectivity index (χ0n) is 16.0. The number of hydrogen-bond acceptors (Lipinski definition) is 3. The number of rotatable bonds is 4. The molecule has 158 valence electrons. The van der Waals surface area contributed by atoms with Gasteiger partial charge in [0.15, 0.2) is 0 Å². The van der Waals surface area contributed by atoms with Crippen LogP contribution in [0, 0.1) is 17.6 Å². The van der Waals surface area contributed by atoms with Gasteiger partial charge in [0.25, 0.3) is 0 Å². The lowest BCUT2D eigenvalue weighted by atomic mass is 9.91. The number of thiophene rings is 1. The van der Waals surface area contributed by atoms with Crippen molar-refractivity contribution in [2.24, 2.45) is 10.9 Å². The molecule has 4 rings (SSSR count). The van der Waals surface area contributed by atoms with Crippen molar-refractivity contribution in [3.05, 3.63) is 75.2 Å². The molecular formula is C22H18F5NOS. The van der Waals surface area contributed by atoms with Crippen LogP contribution in [-0.4, -0.2) is 12.1 Å². The van der Waals surface area contributed by atoms with Crippen molar-refractivity contribution in [1.29, 1.82) is 0 Å². The molecule has 8 heteroatoms. The Hall–Kier alpha value is -2.48. The smallest absolute Gasteiger partial charge is 0.410 e. The first-order valence-corrected chi connectivity index (χ1v) is 10.3. The number of halogens is 5. The highest BCUT2D eigenvalue weighted by molar-refractivity contribution is 7.13. The lowest BCUT2D eigenvalue weighted by molar-refractivity contribution is -0.306. The van der Waals surface area contributed by atoms with Gasteiger partial charge in [0.1, 0.15) is 17.4 Å². The maximum absolute atomic E-state index is 14.0. The molecule has 2 heterocycles. The predicted molar refractivity (Wildman–Crippen MR) is 106 cm³/mol. The minimum Gasteiger partial charge on any atom is -0.410 e. The summed E-state index contributed by atoms with van der Waals surface area (Å²) in [6.07, 6.45) is -0.380. The maximum atomic E-state index is 14.0. The predicted octanol–water partition coefficient (Wildman–Crippen LogP) is 7.19. The van der Waals surface area contributed by atoms with Gasteiger partial charge in [-0.2, -0.15) is 0 Å². The van der Waals surface area contributed by atoms with Gasteiger partial charge < -0.3 is 4.74 Å². The van der Waals surface area contributed by atoms with Gasteiger partial charge in [-0.25, -0.2) is 8.78 Å². The van der Waals surface area contributed by atoms with Crippen molar-refractivity contribution in [3.8, 4) is 0 Å². The molecule has 0 radical (unpaired) electrons. The van der Waals surface area contributed by atoms with Gasteiger partial charge >= 0.3 is 6.36 Å². The van der Waals surface area contributed by atoms with E-state index >= 15 is 0 Å². The first kappa shape index (κ1) is 20.8. The van der Waals surface area contributed by atoms with Crippen molar-refractivity contribution in [3.63, 3.8) is 0 Å². The van der Waals surface area contributed by atoms with Gasteiger partial charge in [-0.3, -0.25) is 4.99 Å². The fraction of sp³-hybridized carbons (Fsp3) is 0.318. The lowest BCUT2D eigenvalue weighted by Crippen LogP contribution is -2.16. The third-order valence-electron chi connectivity index (χ3n) is 5.19. The summed E-state index contributed by atoms with van der Waals surface area (Å²) in [5.74, 6) is -1.47. The van der Waals surface area contributed by atoms with Crippen LogP contribution >= 0.6 is 11.3 Å². The Kier molecular flexibility index (Phi) is 5.53. The molecule has 1 aliphatic carbocycles. The summed E-state index contributed by atoms with van der Waals surface area (Å²) in [5, 5.41) is 0. The molecule has 2 nitrogen and oxygen atoms in total. The number of allylic oxidation sites excluding steroid dienone is 4. The minimum absolute atomic E-state index is 0.0669. The van der Waals surface area contributed by atoms with Crippen molar-refractivity contribution in [1.82, 2.24) is 0 Å². The van der Waals surface area contributed by atoms with E-state index in [0.29, 0.717) is 18.6 Å². The Morgan fingerprint density at radius 2 is 1.80 bits per heavy atom. The molecule has 1 aliphatic heterocycles. The summed E-state index contributed by atoms with van der Waals surface area (Å²) in [6.45, 7) is 1.85. The van der Waals surface area contributed by atoms with Crippen molar-refractivity contribution in [2.75, 3.05) is 0 Å². The number of alkyl halides is 3. The second-order valence-electron chi connectivity index (χ2n) is 7.34. The third-order valence-corrected chi connectivity index (χ3v) is 6.43. The summed E-state index contributed by atoms with van der Waals surface area (Å²) in [5.41, 5.74) is 1.29. The van der Waals surface area contributed by atoms with Crippen molar-refractivity contribution < 1.29 is 26.7 Å². The van der Waals surface area contributed by atoms with Crippen LogP contribution < -0.4 is 0 Å². The van der Waals surface area contributed by atoms with E-state index in [2.05, 4.69) is 9.73 Å². The van der Waals surface area contributed by atoms with Crippen LogP contribution in [0.4, 0.5) is 22.0 Å². The molecule has 0 fully saturated rings. The monoisotopic (exact) mass is 439 g/mol. The van der Waals surface area contributed by atoms with Crippen molar-refractivity contribution in [2.45, 2.75) is 38.6 Å². The molecule has 2 unspecified atom stereocenters. The summed E-state index contributed by atoms with van der Waals surface area (Å²) < 4.78 is 69.4. The number of aliphatic imine (C=N–C) groups is 1. The number of nitrogens with zero attached hydrogens (tertiary/aromatic N) is 1. The van der Waals surface area contributed by atoms with Crippen LogP contribution in [0.15, 0.2) is 53.2 Å². The van der Waals surface area contributed by atoms with Crippen LogP contribution in [0.2, 0.25) is 0 Å². The largest absolute Gasteiger partial charge is 0.572 e. The number of hydrogen-bond donors (Lipinski definition) is 0. The molecule has 1 aromatic carbocycles. The average molecular weight is 439 g/mol. The van der Waals surface area contributed by atoms with Gasteiger partial charge in [0, 0.05) is 21.9 Å². The molecule has 2 aromatic rings. The van der Waals surface area contributed by atoms with E-state index < -0.39 is 18.0 Å². The van der Waals surface area contributed by atoms with Crippen LogP contribution in [0.5, 0.6) is 0 Å². The second-order valence-corrected chi connectivity index (χ2v) is 8.45. The zero-order valence-corrected chi connectivity index (χ0v) is 16.8. The Morgan fingerprint density at radius 3 is 2.47 bits per heavy atom. The molecule has 0 saturated heterocycles. The van der Waals surface area contributed by atoms with Gasteiger partial charge in [0.2, 0.25) is 0 Å². The highest BCUT2D eigenvalue weighted by Gasteiger charge is 2.33. The zero-order chi connectivity index (χ0) is 21.5. The van der Waals surface area contributed by atoms with E-state index in [0.717, 1.165) is 15.3 Å². The van der Waals surface area contributed by atoms with Crippen LogP contribution in [-0.2, 0) is 4.74 Å². The highest BCUT2D eigenvalue weighted by Crippen LogP contribution is 2.41. The summed E-state index contributed by atoms with van der Waals surface area (Å²) >= 11 is 1.51. The number of benzene rings is 1. The molecule has 1 aromatic heterocycles. The van der Waals surface area contributed by atoms with Crippen molar-refractivity contribution >= 4 is 22.6 Å². The fourth-order valence-electron chi connectivity index (χ4n) is 3.82. The Labute approximate surface area is 174 Å². The quantitative estimate of drug-likeness (QED) is 0.462. The van der Waals surface area contributed by atoms with E-state index in [1.165, 1.54) is 35.6 Å². The van der Waals surface area contributed by atoms with E-state index in [4.69, 9.17) is 0 Å². The van der Waals surface area contributed by atoms with E-state index in [9.17, 15) is 22.0 Å². The molecule has 0 bridgehead atoms. The second kappa shape index (κ2) is 7.98. The normalized spacial score (nSPS) is 21.9. The molecule has 30 heavy (non-hydrogen) atoms. The Morgan fingerprint density at radius 1 is 1.07 bits per heavy atom. The molecular weight excluding hydrogens is 421 g/mol. The standard InChI is InChI=1S/C22H18F5NOS/c1-12-11-13(29-22(25,26)27)5-6-14(12)19-9-10-20(30-19)17-7-8-18(28-17)21-15(23)3-2-4-16(21)24/h2-6,9-10,12,17H,7-8,11H2,1H3. The van der Waals surface area contributed by atoms with Gasteiger partial charge in [-0.1, -0.05) is 19.1 Å². The third kappa shape index (κ3) is 4.33. The van der Waals surface area contributed by atoms with Gasteiger partial charge in [-0.15, -0.1) is 24.5 Å². The van der Waals surface area contributed by atoms with Crippen LogP contribution in [0.3, 0.4) is 0 Å². The summed E-state index contributed by atoms with van der Waals surface area (Å²) in [6, 6.07) is 7.43. The van der Waals surface area contributed by atoms with E-state index in [-0.39, 0.29) is 29.7 Å². The minimum atomic E-state index is -4.69. The molecule has 0 N–H and O–H groups in total. The Bertz CT molecular complexity index is 1030. The summed E-state index contributed by atoms with van der Waals surface area (Å²) in [7, 11) is 0. The maximum Gasteiger partial charge on any atom is 0.572 e. The molecule has 2 aliphatic rings. The van der Waals surface area contributed by atoms with Crippen LogP contribution in [0.1, 0.15) is 47.5 Å². The average Bonchev–Trinajstić information content (AvgIpc) is 3.30. The molecule has 0 saturated carbocycles. The number of ether oxygens (including phenoxy) is 1. The fourth-order valence-corrected chi connectivity index (χ4v) is 5.04. The SMILES string of the molecule is CC1CC(OC(F)(F)F)=CC=C1c1ccc(C2CCC(c3c(F)cccc3F)=N2)s1. The molecule has 0 amide bonds. The van der Waals surface area contributed by atoms with Gasteiger partial charge in [-0.05, 0) is 54.7 Å². The van der Waals surface area contributed by atoms with Crippen LogP contribution in [0.25, 0.3) is 5.57 Å². The Balaban J connectivity index is 1.55. The summed E-state index contributed by atoms with van der Waals surface area (Å²) in [4.78, 5) is 6.46.